The number of amides is 2. The van der Waals surface area contributed by atoms with Crippen molar-refractivity contribution < 1.29 is 18.0 Å². The van der Waals surface area contributed by atoms with Crippen molar-refractivity contribution in [2.45, 2.75) is 43.7 Å². The van der Waals surface area contributed by atoms with E-state index in [2.05, 4.69) is 4.57 Å². The zero-order valence-electron chi connectivity index (χ0n) is 15.9. The predicted molar refractivity (Wildman–Crippen MR) is 104 cm³/mol. The number of hydrogen-bond acceptors (Lipinski definition) is 4. The first-order valence-corrected chi connectivity index (χ1v) is 10.9. The lowest BCUT2D eigenvalue weighted by atomic mass is 10.0. The van der Waals surface area contributed by atoms with Gasteiger partial charge in [-0.25, -0.2) is 12.7 Å². The molecule has 2 amide bonds. The molecule has 0 N–H and O–H groups in total. The minimum atomic E-state index is -3.91. The van der Waals surface area contributed by atoms with E-state index in [1.807, 2.05) is 24.5 Å². The Kier molecular flexibility index (Phi) is 4.53. The van der Waals surface area contributed by atoms with Gasteiger partial charge in [0.05, 0.1) is 5.56 Å². The largest absolute Gasteiger partial charge is 0.351 e. The summed E-state index contributed by atoms with van der Waals surface area (Å²) in [4.78, 5) is 27.0. The summed E-state index contributed by atoms with van der Waals surface area (Å²) in [6, 6.07) is 8.24. The Bertz CT molecular complexity index is 1020. The summed E-state index contributed by atoms with van der Waals surface area (Å²) in [5.74, 6) is -0.726. The Morgan fingerprint density at radius 1 is 1.11 bits per heavy atom. The van der Waals surface area contributed by atoms with E-state index in [4.69, 9.17) is 0 Å². The van der Waals surface area contributed by atoms with Crippen LogP contribution < -0.4 is 0 Å². The van der Waals surface area contributed by atoms with Crippen LogP contribution in [0.4, 0.5) is 0 Å². The van der Waals surface area contributed by atoms with Crippen LogP contribution >= 0.6 is 0 Å². The zero-order chi connectivity index (χ0) is 20.1. The van der Waals surface area contributed by atoms with E-state index in [-0.39, 0.29) is 16.4 Å². The minimum Gasteiger partial charge on any atom is -0.351 e. The molecular weight excluding hydrogens is 378 g/mol. The zero-order valence-corrected chi connectivity index (χ0v) is 16.7. The number of fused-ring (bicyclic) bond motifs is 1. The highest BCUT2D eigenvalue weighted by Crippen LogP contribution is 2.33. The van der Waals surface area contributed by atoms with Crippen LogP contribution in [-0.4, -0.2) is 53.1 Å². The maximum absolute atomic E-state index is 12.9. The van der Waals surface area contributed by atoms with Gasteiger partial charge in [-0.2, -0.15) is 0 Å². The fraction of sp³-hybridized carbons (Fsp3) is 0.400. The van der Waals surface area contributed by atoms with Crippen molar-refractivity contribution >= 4 is 21.8 Å². The first-order chi connectivity index (χ1) is 13.3. The standard InChI is InChI=1S/C20H23N3O4S/c1-14(2)23-20(25)17-6-5-15(13-18(17)28(23,26)27)19(24)22-11-7-16(8-12-22)21-9-3-4-10-21/h3-6,9-10,13-14,16H,7-8,11-12H2,1-2H3. The van der Waals surface area contributed by atoms with Crippen LogP contribution in [0.1, 0.15) is 53.4 Å². The van der Waals surface area contributed by atoms with Crippen LogP contribution in [0.15, 0.2) is 47.6 Å². The van der Waals surface area contributed by atoms with E-state index in [9.17, 15) is 18.0 Å². The van der Waals surface area contributed by atoms with Gasteiger partial charge >= 0.3 is 0 Å². The molecule has 148 valence electrons. The fourth-order valence-corrected chi connectivity index (χ4v) is 5.83. The first-order valence-electron chi connectivity index (χ1n) is 9.45. The van der Waals surface area contributed by atoms with Gasteiger partial charge in [0, 0.05) is 43.1 Å². The van der Waals surface area contributed by atoms with E-state index in [1.165, 1.54) is 12.1 Å². The Morgan fingerprint density at radius 2 is 1.75 bits per heavy atom. The van der Waals surface area contributed by atoms with E-state index < -0.39 is 22.0 Å². The second-order valence-corrected chi connectivity index (χ2v) is 9.35. The topological polar surface area (TPSA) is 79.7 Å². The van der Waals surface area contributed by atoms with Crippen molar-refractivity contribution in [2.75, 3.05) is 13.1 Å². The number of likely N-dealkylation sites (tertiary alicyclic amines) is 1. The van der Waals surface area contributed by atoms with Crippen molar-refractivity contribution in [3.63, 3.8) is 0 Å². The van der Waals surface area contributed by atoms with Crippen LogP contribution in [0.5, 0.6) is 0 Å². The molecule has 2 aliphatic heterocycles. The lowest BCUT2D eigenvalue weighted by Gasteiger charge is -2.33. The molecule has 1 aromatic carbocycles. The lowest BCUT2D eigenvalue weighted by molar-refractivity contribution is 0.0693. The summed E-state index contributed by atoms with van der Waals surface area (Å²) in [6.07, 6.45) is 5.77. The quantitative estimate of drug-likeness (QED) is 0.792. The second-order valence-electron chi connectivity index (χ2n) is 7.56. The van der Waals surface area contributed by atoms with Crippen molar-refractivity contribution in [1.29, 1.82) is 0 Å². The molecule has 7 nitrogen and oxygen atoms in total. The highest BCUT2D eigenvalue weighted by Gasteiger charge is 2.43. The van der Waals surface area contributed by atoms with E-state index >= 15 is 0 Å². The third-order valence-electron chi connectivity index (χ3n) is 5.47. The second kappa shape index (κ2) is 6.77. The smallest absolute Gasteiger partial charge is 0.269 e. The Morgan fingerprint density at radius 3 is 2.36 bits per heavy atom. The maximum atomic E-state index is 12.9. The molecule has 0 bridgehead atoms. The molecule has 0 spiro atoms. The van der Waals surface area contributed by atoms with Gasteiger partial charge in [0.2, 0.25) is 0 Å². The Labute approximate surface area is 164 Å². The molecule has 8 heteroatoms. The molecule has 1 aromatic heterocycles. The molecule has 1 saturated heterocycles. The molecule has 0 unspecified atom stereocenters. The average Bonchev–Trinajstić information content (AvgIpc) is 3.27. The van der Waals surface area contributed by atoms with E-state index in [0.29, 0.717) is 24.7 Å². The van der Waals surface area contributed by atoms with Gasteiger partial charge in [0.25, 0.3) is 21.8 Å². The highest BCUT2D eigenvalue weighted by molar-refractivity contribution is 7.90. The van der Waals surface area contributed by atoms with Crippen molar-refractivity contribution in [2.24, 2.45) is 0 Å². The van der Waals surface area contributed by atoms with Crippen LogP contribution in [0, 0.1) is 0 Å². The third kappa shape index (κ3) is 2.92. The molecule has 4 rings (SSSR count). The predicted octanol–water partition coefficient (Wildman–Crippen LogP) is 2.52. The highest BCUT2D eigenvalue weighted by atomic mass is 32.2. The molecule has 0 atom stereocenters. The average molecular weight is 401 g/mol. The molecule has 2 aromatic rings. The van der Waals surface area contributed by atoms with Crippen LogP contribution in [0.3, 0.4) is 0 Å². The summed E-state index contributed by atoms with van der Waals surface area (Å²) in [5.41, 5.74) is 0.441. The fourth-order valence-electron chi connectivity index (χ4n) is 4.03. The van der Waals surface area contributed by atoms with Crippen LogP contribution in [0.25, 0.3) is 0 Å². The molecule has 0 radical (unpaired) electrons. The van der Waals surface area contributed by atoms with Crippen molar-refractivity contribution in [3.8, 4) is 0 Å². The SMILES string of the molecule is CC(C)N1C(=O)c2ccc(C(=O)N3CCC(n4cccc4)CC3)cc2S1(=O)=O. The lowest BCUT2D eigenvalue weighted by Crippen LogP contribution is -2.39. The van der Waals surface area contributed by atoms with E-state index in [1.54, 1.807) is 24.8 Å². The van der Waals surface area contributed by atoms with Gasteiger partial charge in [-0.3, -0.25) is 9.59 Å². The molecule has 0 aliphatic carbocycles. The van der Waals surface area contributed by atoms with Crippen LogP contribution in [0.2, 0.25) is 0 Å². The van der Waals surface area contributed by atoms with Gasteiger partial charge < -0.3 is 9.47 Å². The number of carbonyl (C=O) groups excluding carboxylic acids is 2. The molecule has 1 fully saturated rings. The van der Waals surface area contributed by atoms with Gasteiger partial charge in [-0.05, 0) is 57.0 Å². The van der Waals surface area contributed by atoms with Crippen molar-refractivity contribution in [3.05, 3.63) is 53.9 Å². The number of piperidine rings is 1. The number of carbonyl (C=O) groups is 2. The number of aromatic nitrogens is 1. The van der Waals surface area contributed by atoms with Gasteiger partial charge in [0.1, 0.15) is 4.90 Å². The molecule has 28 heavy (non-hydrogen) atoms. The monoisotopic (exact) mass is 401 g/mol. The van der Waals surface area contributed by atoms with Gasteiger partial charge in [-0.1, -0.05) is 0 Å². The number of rotatable bonds is 3. The summed E-state index contributed by atoms with van der Waals surface area (Å²) >= 11 is 0. The molecular formula is C20H23N3O4S. The molecule has 3 heterocycles. The maximum Gasteiger partial charge on any atom is 0.269 e. The summed E-state index contributed by atoms with van der Waals surface area (Å²) < 4.78 is 28.5. The van der Waals surface area contributed by atoms with Gasteiger partial charge in [-0.15, -0.1) is 0 Å². The Hall–Kier alpha value is -2.61. The first kappa shape index (κ1) is 18.7. The summed E-state index contributed by atoms with van der Waals surface area (Å²) in [5, 5.41) is 0. The van der Waals surface area contributed by atoms with Gasteiger partial charge in [0.15, 0.2) is 0 Å². The Balaban J connectivity index is 1.55. The number of nitrogens with zero attached hydrogens (tertiary/aromatic N) is 3. The number of hydrogen-bond donors (Lipinski definition) is 0. The van der Waals surface area contributed by atoms with E-state index in [0.717, 1.165) is 17.1 Å². The third-order valence-corrected chi connectivity index (χ3v) is 7.46. The number of sulfonamides is 1. The number of benzene rings is 1. The summed E-state index contributed by atoms with van der Waals surface area (Å²) in [6.45, 7) is 4.54. The van der Waals surface area contributed by atoms with Crippen LogP contribution in [-0.2, 0) is 10.0 Å². The molecule has 0 saturated carbocycles. The van der Waals surface area contributed by atoms with Crippen molar-refractivity contribution in [1.82, 2.24) is 13.8 Å². The summed E-state index contributed by atoms with van der Waals surface area (Å²) in [7, 11) is -3.91. The molecule has 2 aliphatic rings. The normalized spacial score (nSPS) is 19.3. The minimum absolute atomic E-state index is 0.0701.